The predicted molar refractivity (Wildman–Crippen MR) is 80.7 cm³/mol. The van der Waals surface area contributed by atoms with Crippen molar-refractivity contribution in [2.24, 2.45) is 0 Å². The molecule has 2 aliphatic rings. The van der Waals surface area contributed by atoms with E-state index in [0.29, 0.717) is 19.0 Å². The van der Waals surface area contributed by atoms with Crippen molar-refractivity contribution in [2.75, 3.05) is 20.1 Å². The highest BCUT2D eigenvalue weighted by Gasteiger charge is 2.27. The zero-order chi connectivity index (χ0) is 14.8. The van der Waals surface area contributed by atoms with Crippen LogP contribution < -0.4 is 0 Å². The smallest absolute Gasteiger partial charge is 0.222 e. The molecule has 0 spiro atoms. The molecule has 0 unspecified atom stereocenters. The number of hydrogen-bond donors (Lipinski definition) is 0. The van der Waals surface area contributed by atoms with Crippen molar-refractivity contribution in [3.05, 3.63) is 23.3 Å². The molecule has 0 radical (unpaired) electrons. The number of rotatable bonds is 3. The molecular formula is C16H24N4O. The van der Waals surface area contributed by atoms with Gasteiger partial charge in [-0.05, 0) is 32.9 Å². The summed E-state index contributed by atoms with van der Waals surface area (Å²) in [5.41, 5.74) is 2.26. The lowest BCUT2D eigenvalue weighted by Crippen LogP contribution is -2.36. The molecule has 1 atom stereocenters. The molecule has 21 heavy (non-hydrogen) atoms. The van der Waals surface area contributed by atoms with Gasteiger partial charge < -0.3 is 4.90 Å². The van der Waals surface area contributed by atoms with E-state index in [1.165, 1.54) is 6.42 Å². The summed E-state index contributed by atoms with van der Waals surface area (Å²) in [5, 5.41) is 0. The van der Waals surface area contributed by atoms with Gasteiger partial charge in [0.2, 0.25) is 5.91 Å². The quantitative estimate of drug-likeness (QED) is 0.853. The minimum absolute atomic E-state index is 0.253. The summed E-state index contributed by atoms with van der Waals surface area (Å²) < 4.78 is 0. The third-order valence-corrected chi connectivity index (χ3v) is 4.59. The first-order chi connectivity index (χ1) is 10.2. The third kappa shape index (κ3) is 2.93. The molecule has 1 saturated heterocycles. The van der Waals surface area contributed by atoms with Crippen LogP contribution in [0.15, 0.2) is 6.20 Å². The van der Waals surface area contributed by atoms with Crippen LogP contribution in [0.2, 0.25) is 0 Å². The normalized spacial score (nSPS) is 22.4. The van der Waals surface area contributed by atoms with E-state index in [4.69, 9.17) is 4.98 Å². The second-order valence-corrected chi connectivity index (χ2v) is 6.15. The van der Waals surface area contributed by atoms with E-state index >= 15 is 0 Å². The molecule has 1 aromatic heterocycles. The molecule has 5 nitrogen and oxygen atoms in total. The predicted octanol–water partition coefficient (Wildman–Crippen LogP) is 1.93. The van der Waals surface area contributed by atoms with E-state index in [1.807, 2.05) is 18.0 Å². The second kappa shape index (κ2) is 6.10. The van der Waals surface area contributed by atoms with E-state index in [-0.39, 0.29) is 5.91 Å². The lowest BCUT2D eigenvalue weighted by molar-refractivity contribution is -0.132. The van der Waals surface area contributed by atoms with Crippen LogP contribution in [0.1, 0.15) is 55.7 Å². The fraction of sp³-hybridized carbons (Fsp3) is 0.688. The Kier molecular flexibility index (Phi) is 4.19. The van der Waals surface area contributed by atoms with Gasteiger partial charge in [-0.1, -0.05) is 6.92 Å². The molecule has 1 aromatic rings. The summed E-state index contributed by atoms with van der Waals surface area (Å²) in [4.78, 5) is 25.6. The van der Waals surface area contributed by atoms with Crippen molar-refractivity contribution < 1.29 is 4.79 Å². The monoisotopic (exact) mass is 288 g/mol. The summed E-state index contributed by atoms with van der Waals surface area (Å²) in [6.45, 7) is 4.64. The maximum atomic E-state index is 12.0. The Morgan fingerprint density at radius 2 is 2.29 bits per heavy atom. The fourth-order valence-corrected chi connectivity index (χ4v) is 3.31. The van der Waals surface area contributed by atoms with Gasteiger partial charge in [0.1, 0.15) is 5.82 Å². The van der Waals surface area contributed by atoms with Gasteiger partial charge in [-0.15, -0.1) is 0 Å². The van der Waals surface area contributed by atoms with Crippen LogP contribution in [0.3, 0.4) is 0 Å². The van der Waals surface area contributed by atoms with Crippen LogP contribution in [0.4, 0.5) is 0 Å². The van der Waals surface area contributed by atoms with Crippen molar-refractivity contribution in [2.45, 2.75) is 51.6 Å². The molecule has 0 bridgehead atoms. The maximum Gasteiger partial charge on any atom is 0.222 e. The van der Waals surface area contributed by atoms with Crippen LogP contribution in [0.25, 0.3) is 0 Å². The number of aromatic nitrogens is 2. The SMILES string of the molecule is CCCC(=O)N1CCc2nc([C@H]3CCCN3C)ncc2C1. The van der Waals surface area contributed by atoms with Gasteiger partial charge in [-0.3, -0.25) is 9.69 Å². The topological polar surface area (TPSA) is 49.3 Å². The highest BCUT2D eigenvalue weighted by Crippen LogP contribution is 2.29. The Morgan fingerprint density at radius 1 is 1.43 bits per heavy atom. The van der Waals surface area contributed by atoms with Gasteiger partial charge >= 0.3 is 0 Å². The molecule has 1 amide bonds. The van der Waals surface area contributed by atoms with E-state index in [1.54, 1.807) is 0 Å². The number of hydrogen-bond acceptors (Lipinski definition) is 4. The summed E-state index contributed by atoms with van der Waals surface area (Å²) in [5.74, 6) is 1.21. The highest BCUT2D eigenvalue weighted by atomic mass is 16.2. The van der Waals surface area contributed by atoms with Gasteiger partial charge in [0.05, 0.1) is 11.7 Å². The second-order valence-electron chi connectivity index (χ2n) is 6.15. The summed E-state index contributed by atoms with van der Waals surface area (Å²) in [6.07, 6.45) is 6.72. The molecule has 2 aliphatic heterocycles. The van der Waals surface area contributed by atoms with Crippen LogP contribution in [-0.4, -0.2) is 45.8 Å². The van der Waals surface area contributed by atoms with Crippen molar-refractivity contribution in [3.8, 4) is 0 Å². The van der Waals surface area contributed by atoms with Gasteiger partial charge in [-0.2, -0.15) is 0 Å². The van der Waals surface area contributed by atoms with E-state index in [2.05, 4.69) is 16.9 Å². The minimum atomic E-state index is 0.253. The fourth-order valence-electron chi connectivity index (χ4n) is 3.31. The summed E-state index contributed by atoms with van der Waals surface area (Å²) in [6, 6.07) is 0.370. The van der Waals surface area contributed by atoms with E-state index in [9.17, 15) is 4.79 Å². The lowest BCUT2D eigenvalue weighted by Gasteiger charge is -2.29. The molecule has 5 heteroatoms. The van der Waals surface area contributed by atoms with E-state index < -0.39 is 0 Å². The number of carbonyl (C=O) groups excluding carboxylic acids is 1. The first kappa shape index (κ1) is 14.4. The van der Waals surface area contributed by atoms with E-state index in [0.717, 1.165) is 49.4 Å². The number of likely N-dealkylation sites (tertiary alicyclic amines) is 1. The molecular weight excluding hydrogens is 264 g/mol. The molecule has 0 aliphatic carbocycles. The lowest BCUT2D eigenvalue weighted by atomic mass is 10.1. The number of nitrogens with zero attached hydrogens (tertiary/aromatic N) is 4. The van der Waals surface area contributed by atoms with Gasteiger partial charge in [0, 0.05) is 37.7 Å². The average molecular weight is 288 g/mol. The van der Waals surface area contributed by atoms with Crippen LogP contribution >= 0.6 is 0 Å². The maximum absolute atomic E-state index is 12.0. The number of amides is 1. The van der Waals surface area contributed by atoms with Crippen LogP contribution in [0.5, 0.6) is 0 Å². The number of fused-ring (bicyclic) bond motifs is 1. The Balaban J connectivity index is 1.75. The van der Waals surface area contributed by atoms with Gasteiger partial charge in [0.25, 0.3) is 0 Å². The van der Waals surface area contributed by atoms with Crippen molar-refractivity contribution >= 4 is 5.91 Å². The molecule has 1 fully saturated rings. The molecule has 3 rings (SSSR count). The van der Waals surface area contributed by atoms with Crippen molar-refractivity contribution in [1.82, 2.24) is 19.8 Å². The van der Waals surface area contributed by atoms with Gasteiger partial charge in [-0.25, -0.2) is 9.97 Å². The third-order valence-electron chi connectivity index (χ3n) is 4.59. The Labute approximate surface area is 126 Å². The van der Waals surface area contributed by atoms with Crippen LogP contribution in [-0.2, 0) is 17.8 Å². The van der Waals surface area contributed by atoms with Crippen molar-refractivity contribution in [3.63, 3.8) is 0 Å². The summed E-state index contributed by atoms with van der Waals surface area (Å²) >= 11 is 0. The zero-order valence-electron chi connectivity index (χ0n) is 13.0. The summed E-state index contributed by atoms with van der Waals surface area (Å²) in [7, 11) is 2.14. The Hall–Kier alpha value is -1.49. The Morgan fingerprint density at radius 3 is 3.00 bits per heavy atom. The molecule has 3 heterocycles. The van der Waals surface area contributed by atoms with Crippen molar-refractivity contribution in [1.29, 1.82) is 0 Å². The molecule has 114 valence electrons. The largest absolute Gasteiger partial charge is 0.338 e. The first-order valence-corrected chi connectivity index (χ1v) is 8.01. The highest BCUT2D eigenvalue weighted by molar-refractivity contribution is 5.76. The minimum Gasteiger partial charge on any atom is -0.338 e. The average Bonchev–Trinajstić information content (AvgIpc) is 2.92. The zero-order valence-corrected chi connectivity index (χ0v) is 13.0. The van der Waals surface area contributed by atoms with Crippen LogP contribution in [0, 0.1) is 0 Å². The molecule has 0 aromatic carbocycles. The number of carbonyl (C=O) groups is 1. The Bertz CT molecular complexity index is 531. The first-order valence-electron chi connectivity index (χ1n) is 8.01. The molecule has 0 saturated carbocycles. The molecule has 0 N–H and O–H groups in total. The standard InChI is InChI=1S/C16H24N4O/c1-3-5-15(21)20-9-7-13-12(11-20)10-17-16(18-13)14-6-4-8-19(14)2/h10,14H,3-9,11H2,1-2H3/t14-/m1/s1. The van der Waals surface area contributed by atoms with Gasteiger partial charge in [0.15, 0.2) is 0 Å².